The van der Waals surface area contributed by atoms with Crippen LogP contribution in [0.4, 0.5) is 5.69 Å². The molecule has 1 heteroatoms. The molecule has 0 aliphatic carbocycles. The van der Waals surface area contributed by atoms with Crippen molar-refractivity contribution in [2.24, 2.45) is 0 Å². The van der Waals surface area contributed by atoms with Crippen molar-refractivity contribution in [2.45, 2.75) is 26.2 Å². The fourth-order valence-corrected chi connectivity index (χ4v) is 1.61. The lowest BCUT2D eigenvalue weighted by atomic mass is 9.82. The number of benzene rings is 1. The Bertz CT molecular complexity index is 348. The minimum absolute atomic E-state index is 0.136. The Labute approximate surface area is 73.1 Å². The first-order valence-electron chi connectivity index (χ1n) is 4.27. The van der Waals surface area contributed by atoms with Crippen LogP contribution in [0.1, 0.15) is 26.3 Å². The highest BCUT2D eigenvalue weighted by Gasteiger charge is 2.41. The predicted octanol–water partition coefficient (Wildman–Crippen LogP) is 2.41. The standard InChI is InChI=1S/C11H13N/c1-8-11(2,3)9-6-4-5-7-10(9)12-8/h4-7H,1-3H3/q+1. The lowest BCUT2D eigenvalue weighted by Crippen LogP contribution is -2.23. The number of hydrogen-bond acceptors (Lipinski definition) is 1. The molecular formula is C11H13N+. The van der Waals surface area contributed by atoms with Gasteiger partial charge in [-0.2, -0.15) is 0 Å². The molecule has 1 nitrogen and oxygen atoms in total. The summed E-state index contributed by atoms with van der Waals surface area (Å²) in [6.45, 7) is 6.54. The summed E-state index contributed by atoms with van der Waals surface area (Å²) < 4.78 is 0. The molecule has 1 aromatic carbocycles. The summed E-state index contributed by atoms with van der Waals surface area (Å²) in [4.78, 5) is 4.52. The van der Waals surface area contributed by atoms with Gasteiger partial charge in [-0.1, -0.05) is 18.2 Å². The number of rotatable bonds is 0. The monoisotopic (exact) mass is 159 g/mol. The van der Waals surface area contributed by atoms with E-state index in [-0.39, 0.29) is 5.41 Å². The van der Waals surface area contributed by atoms with Crippen LogP contribution in [0.15, 0.2) is 24.3 Å². The summed E-state index contributed by atoms with van der Waals surface area (Å²) in [5.41, 5.74) is 3.84. The molecule has 0 atom stereocenters. The van der Waals surface area contributed by atoms with Gasteiger partial charge in [0, 0.05) is 18.6 Å². The number of fused-ring (bicyclic) bond motifs is 1. The number of para-hydroxylation sites is 1. The Morgan fingerprint density at radius 2 is 1.83 bits per heavy atom. The number of hydrogen-bond donors (Lipinski definition) is 0. The molecular weight excluding hydrogens is 146 g/mol. The Morgan fingerprint density at radius 3 is 2.50 bits per heavy atom. The summed E-state index contributed by atoms with van der Waals surface area (Å²) in [7, 11) is 0. The fourth-order valence-electron chi connectivity index (χ4n) is 1.61. The van der Waals surface area contributed by atoms with E-state index < -0.39 is 0 Å². The summed E-state index contributed by atoms with van der Waals surface area (Å²) in [6.07, 6.45) is 0. The molecule has 0 unspecified atom stereocenters. The largest absolute Gasteiger partial charge is 0.281 e. The van der Waals surface area contributed by atoms with E-state index in [4.69, 9.17) is 0 Å². The average Bonchev–Trinajstić information content (AvgIpc) is 2.25. The maximum atomic E-state index is 4.52. The zero-order chi connectivity index (χ0) is 8.77. The van der Waals surface area contributed by atoms with Crippen LogP contribution >= 0.6 is 0 Å². The average molecular weight is 159 g/mol. The van der Waals surface area contributed by atoms with E-state index in [9.17, 15) is 0 Å². The lowest BCUT2D eigenvalue weighted by molar-refractivity contribution is 0.732. The minimum atomic E-state index is 0.136. The van der Waals surface area contributed by atoms with Crippen LogP contribution in [0.2, 0.25) is 0 Å². The summed E-state index contributed by atoms with van der Waals surface area (Å²) in [6, 6.07) is 8.36. The zero-order valence-corrected chi connectivity index (χ0v) is 7.76. The van der Waals surface area contributed by atoms with Crippen molar-refractivity contribution in [1.29, 1.82) is 0 Å². The van der Waals surface area contributed by atoms with Gasteiger partial charge in [0.15, 0.2) is 0 Å². The van der Waals surface area contributed by atoms with Crippen molar-refractivity contribution < 1.29 is 0 Å². The molecule has 0 spiro atoms. The predicted molar refractivity (Wildman–Crippen MR) is 51.9 cm³/mol. The van der Waals surface area contributed by atoms with Crippen LogP contribution in [-0.4, -0.2) is 5.71 Å². The first-order chi connectivity index (χ1) is 5.62. The molecule has 1 heterocycles. The summed E-state index contributed by atoms with van der Waals surface area (Å²) in [5.74, 6) is 0. The van der Waals surface area contributed by atoms with E-state index >= 15 is 0 Å². The molecule has 61 valence electrons. The van der Waals surface area contributed by atoms with Crippen molar-refractivity contribution in [3.05, 3.63) is 29.8 Å². The fraction of sp³-hybridized carbons (Fsp3) is 0.364. The first kappa shape index (κ1) is 7.53. The van der Waals surface area contributed by atoms with Gasteiger partial charge in [0.2, 0.25) is 5.71 Å². The molecule has 0 aromatic heterocycles. The van der Waals surface area contributed by atoms with E-state index in [2.05, 4.69) is 44.0 Å². The van der Waals surface area contributed by atoms with Crippen molar-refractivity contribution in [3.8, 4) is 0 Å². The van der Waals surface area contributed by atoms with Gasteiger partial charge >= 0.3 is 0 Å². The van der Waals surface area contributed by atoms with Gasteiger partial charge in [-0.05, 0) is 13.8 Å². The van der Waals surface area contributed by atoms with Gasteiger partial charge in [-0.15, -0.1) is 0 Å². The molecule has 1 radical (unpaired) electrons. The van der Waals surface area contributed by atoms with Gasteiger partial charge in [-0.25, -0.2) is 0 Å². The second-order valence-corrected chi connectivity index (χ2v) is 3.84. The number of aliphatic imine (C=N–C) groups is 1. The third-order valence-corrected chi connectivity index (χ3v) is 2.77. The molecule has 2 rings (SSSR count). The van der Waals surface area contributed by atoms with Crippen molar-refractivity contribution in [1.82, 2.24) is 4.99 Å². The smallest absolute Gasteiger partial charge is 0.0615 e. The quantitative estimate of drug-likeness (QED) is 0.552. The molecule has 1 aliphatic heterocycles. The van der Waals surface area contributed by atoms with Crippen LogP contribution in [-0.2, 0) is 5.41 Å². The molecule has 0 N–H and O–H groups in total. The normalized spacial score (nSPS) is 18.8. The summed E-state index contributed by atoms with van der Waals surface area (Å²) >= 11 is 0. The van der Waals surface area contributed by atoms with Crippen molar-refractivity contribution in [2.75, 3.05) is 0 Å². The molecule has 0 amide bonds. The van der Waals surface area contributed by atoms with Crippen molar-refractivity contribution in [3.63, 3.8) is 0 Å². The molecule has 1 aromatic rings. The highest BCUT2D eigenvalue weighted by molar-refractivity contribution is 5.97. The van der Waals surface area contributed by atoms with E-state index in [1.807, 2.05) is 6.07 Å². The molecule has 0 bridgehead atoms. The molecule has 12 heavy (non-hydrogen) atoms. The third-order valence-electron chi connectivity index (χ3n) is 2.77. The minimum Gasteiger partial charge on any atom is -0.0615 e. The Kier molecular flexibility index (Phi) is 1.38. The topological polar surface area (TPSA) is 14.1 Å². The molecule has 0 saturated heterocycles. The SMILES string of the molecule is CC1=[N+]c2ccccc2C1(C)C. The van der Waals surface area contributed by atoms with E-state index in [1.165, 1.54) is 11.3 Å². The van der Waals surface area contributed by atoms with Crippen LogP contribution in [0.5, 0.6) is 0 Å². The lowest BCUT2D eigenvalue weighted by Gasteiger charge is -2.12. The van der Waals surface area contributed by atoms with Gasteiger partial charge in [0.1, 0.15) is 0 Å². The Morgan fingerprint density at radius 1 is 1.17 bits per heavy atom. The first-order valence-corrected chi connectivity index (χ1v) is 4.27. The molecule has 0 saturated carbocycles. The maximum absolute atomic E-state index is 4.52. The van der Waals surface area contributed by atoms with Gasteiger partial charge in [0.05, 0.1) is 10.4 Å². The van der Waals surface area contributed by atoms with Crippen LogP contribution in [0.3, 0.4) is 0 Å². The van der Waals surface area contributed by atoms with Crippen LogP contribution < -0.4 is 4.99 Å². The summed E-state index contributed by atoms with van der Waals surface area (Å²) in [5, 5.41) is 0. The van der Waals surface area contributed by atoms with Gasteiger partial charge < -0.3 is 0 Å². The van der Waals surface area contributed by atoms with Crippen LogP contribution in [0.25, 0.3) is 0 Å². The second kappa shape index (κ2) is 2.19. The van der Waals surface area contributed by atoms with Crippen molar-refractivity contribution >= 4 is 11.4 Å². The number of nitrogens with zero attached hydrogens (tertiary/aromatic N) is 1. The molecule has 0 fully saturated rings. The highest BCUT2D eigenvalue weighted by Crippen LogP contribution is 2.34. The Hall–Kier alpha value is -1.11. The zero-order valence-electron chi connectivity index (χ0n) is 7.76. The van der Waals surface area contributed by atoms with Gasteiger partial charge in [0.25, 0.3) is 5.69 Å². The molecule has 1 aliphatic rings. The maximum Gasteiger partial charge on any atom is 0.281 e. The van der Waals surface area contributed by atoms with Gasteiger partial charge in [-0.3, -0.25) is 0 Å². The second-order valence-electron chi connectivity index (χ2n) is 3.84. The van der Waals surface area contributed by atoms with E-state index in [0.717, 1.165) is 5.69 Å². The van der Waals surface area contributed by atoms with Crippen LogP contribution in [0, 0.1) is 0 Å². The highest BCUT2D eigenvalue weighted by atomic mass is 14.8. The third kappa shape index (κ3) is 0.826. The van der Waals surface area contributed by atoms with E-state index in [0.29, 0.717) is 0 Å². The van der Waals surface area contributed by atoms with E-state index in [1.54, 1.807) is 0 Å². The Balaban J connectivity index is 2.66.